The van der Waals surface area contributed by atoms with E-state index in [-0.39, 0.29) is 29.5 Å². The molecule has 0 saturated carbocycles. The summed E-state index contributed by atoms with van der Waals surface area (Å²) in [5.74, 6) is -2.70. The van der Waals surface area contributed by atoms with Gasteiger partial charge in [0.1, 0.15) is 11.4 Å². The van der Waals surface area contributed by atoms with E-state index in [1.165, 1.54) is 36.4 Å². The molecule has 9 heteroatoms. The molecule has 3 atom stereocenters. The molecule has 1 fully saturated rings. The monoisotopic (exact) mass is 479 g/mol. The number of amides is 1. The molecule has 0 unspecified atom stereocenters. The molecule has 2 aliphatic rings. The molecule has 0 aliphatic carbocycles. The molecule has 1 spiro atoms. The number of benzene rings is 3. The van der Waals surface area contributed by atoms with Crippen molar-refractivity contribution in [3.05, 3.63) is 104 Å². The van der Waals surface area contributed by atoms with Crippen molar-refractivity contribution in [2.75, 3.05) is 18.9 Å². The molecular formula is C25H19ClFN3O4. The molecule has 5 rings (SSSR count). The first-order valence-corrected chi connectivity index (χ1v) is 11.0. The molecule has 0 aromatic heterocycles. The van der Waals surface area contributed by atoms with E-state index < -0.39 is 28.1 Å². The summed E-state index contributed by atoms with van der Waals surface area (Å²) < 4.78 is 13.6. The molecule has 1 saturated heterocycles. The molecule has 34 heavy (non-hydrogen) atoms. The van der Waals surface area contributed by atoms with E-state index in [4.69, 9.17) is 11.6 Å². The number of anilines is 1. The summed E-state index contributed by atoms with van der Waals surface area (Å²) >= 11 is 6.29. The number of nitro benzene ring substituents is 1. The van der Waals surface area contributed by atoms with Crippen molar-refractivity contribution >= 4 is 34.7 Å². The maximum absolute atomic E-state index is 14.0. The van der Waals surface area contributed by atoms with Gasteiger partial charge in [0.15, 0.2) is 5.78 Å². The van der Waals surface area contributed by atoms with Crippen molar-refractivity contribution in [3.63, 3.8) is 0 Å². The Balaban J connectivity index is 1.74. The first-order chi connectivity index (χ1) is 16.2. The van der Waals surface area contributed by atoms with Crippen LogP contribution in [0.15, 0.2) is 66.7 Å². The van der Waals surface area contributed by atoms with Gasteiger partial charge in [-0.15, -0.1) is 0 Å². The molecule has 1 amide bonds. The summed E-state index contributed by atoms with van der Waals surface area (Å²) in [6.07, 6.45) is 0. The van der Waals surface area contributed by atoms with Gasteiger partial charge in [-0.1, -0.05) is 23.7 Å². The second kappa shape index (κ2) is 8.00. The Kier molecular flexibility index (Phi) is 5.22. The molecule has 1 N–H and O–H groups in total. The van der Waals surface area contributed by atoms with Crippen LogP contribution in [0.4, 0.5) is 15.8 Å². The Hall–Kier alpha value is -3.62. The van der Waals surface area contributed by atoms with E-state index in [0.717, 1.165) is 0 Å². The largest absolute Gasteiger partial charge is 0.324 e. The molecule has 0 bridgehead atoms. The van der Waals surface area contributed by atoms with E-state index in [0.29, 0.717) is 21.8 Å². The van der Waals surface area contributed by atoms with Crippen molar-refractivity contribution in [2.45, 2.75) is 11.5 Å². The number of rotatable bonds is 4. The second-order valence-corrected chi connectivity index (χ2v) is 9.03. The summed E-state index contributed by atoms with van der Waals surface area (Å²) in [6.45, 7) is 0.290. The average Bonchev–Trinajstić information content (AvgIpc) is 3.29. The minimum absolute atomic E-state index is 0.103. The van der Waals surface area contributed by atoms with Crippen molar-refractivity contribution in [1.29, 1.82) is 0 Å². The lowest BCUT2D eigenvalue weighted by Crippen LogP contribution is -2.51. The maximum atomic E-state index is 14.0. The summed E-state index contributed by atoms with van der Waals surface area (Å²) in [5, 5.41) is 14.7. The lowest BCUT2D eigenvalue weighted by Gasteiger charge is -2.35. The number of fused-ring (bicyclic) bond motifs is 2. The van der Waals surface area contributed by atoms with Gasteiger partial charge in [-0.05, 0) is 55.1 Å². The van der Waals surface area contributed by atoms with Crippen LogP contribution in [-0.4, -0.2) is 35.1 Å². The van der Waals surface area contributed by atoms with Crippen LogP contribution in [-0.2, 0) is 10.3 Å². The number of carbonyl (C=O) groups excluding carboxylic acids is 2. The zero-order valence-corrected chi connectivity index (χ0v) is 18.8. The highest BCUT2D eigenvalue weighted by atomic mass is 35.5. The molecule has 0 radical (unpaired) electrons. The molecule has 2 aliphatic heterocycles. The highest BCUT2D eigenvalue weighted by molar-refractivity contribution is 6.31. The zero-order chi connectivity index (χ0) is 24.2. The number of likely N-dealkylation sites (N-methyl/N-ethyl adjacent to an activating group) is 1. The standard InChI is InChI=1S/C25H19ClFN3O4/c1-29-13-19(15-3-2-4-18(11-15)30(33)34)22(23(31)14-5-8-17(27)9-6-14)25(29)20-12-16(26)7-10-21(20)28-24(25)32/h2-12,19,22H,13H2,1H3,(H,28,32)/t19-,22+,25+/m1/s1. The van der Waals surface area contributed by atoms with Gasteiger partial charge in [0.05, 0.1) is 10.8 Å². The smallest absolute Gasteiger partial charge is 0.269 e. The van der Waals surface area contributed by atoms with Gasteiger partial charge in [-0.2, -0.15) is 0 Å². The van der Waals surface area contributed by atoms with E-state index in [2.05, 4.69) is 5.32 Å². The van der Waals surface area contributed by atoms with Gasteiger partial charge in [-0.25, -0.2) is 4.39 Å². The van der Waals surface area contributed by atoms with E-state index >= 15 is 0 Å². The molecule has 2 heterocycles. The first kappa shape index (κ1) is 22.2. The fourth-order valence-electron chi connectivity index (χ4n) is 5.37. The topological polar surface area (TPSA) is 92.5 Å². The normalized spacial score (nSPS) is 23.7. The highest BCUT2D eigenvalue weighted by Crippen LogP contribution is 2.56. The third-order valence-electron chi connectivity index (χ3n) is 6.83. The number of carbonyl (C=O) groups is 2. The van der Waals surface area contributed by atoms with Gasteiger partial charge in [-0.3, -0.25) is 24.6 Å². The van der Waals surface area contributed by atoms with Crippen molar-refractivity contribution in [3.8, 4) is 0 Å². The number of ketones is 1. The lowest BCUT2D eigenvalue weighted by atomic mass is 9.70. The molecule has 172 valence electrons. The first-order valence-electron chi connectivity index (χ1n) is 10.6. The van der Waals surface area contributed by atoms with Crippen LogP contribution in [0.25, 0.3) is 0 Å². The van der Waals surface area contributed by atoms with Gasteiger partial charge < -0.3 is 5.32 Å². The van der Waals surface area contributed by atoms with Crippen LogP contribution in [0, 0.1) is 21.8 Å². The number of hydrogen-bond donors (Lipinski definition) is 1. The third-order valence-corrected chi connectivity index (χ3v) is 7.07. The summed E-state index contributed by atoms with van der Waals surface area (Å²) in [6, 6.07) is 16.3. The number of non-ortho nitro benzene ring substituents is 1. The van der Waals surface area contributed by atoms with Crippen LogP contribution < -0.4 is 5.32 Å². The lowest BCUT2D eigenvalue weighted by molar-refractivity contribution is -0.384. The van der Waals surface area contributed by atoms with E-state index in [1.807, 2.05) is 0 Å². The quantitative estimate of drug-likeness (QED) is 0.331. The fourth-order valence-corrected chi connectivity index (χ4v) is 5.55. The fraction of sp³-hybridized carbons (Fsp3) is 0.200. The number of nitrogens with zero attached hydrogens (tertiary/aromatic N) is 2. The molecule has 3 aromatic rings. The SMILES string of the molecule is CN1C[C@H](c2cccc([N+](=O)[O-])c2)[C@@H](C(=O)c2ccc(F)cc2)[C@@]12C(=O)Nc1ccc(Cl)cc12. The van der Waals surface area contributed by atoms with Crippen LogP contribution in [0.1, 0.15) is 27.4 Å². The third kappa shape index (κ3) is 3.21. The highest BCUT2D eigenvalue weighted by Gasteiger charge is 2.64. The minimum Gasteiger partial charge on any atom is -0.324 e. The Morgan fingerprint density at radius 3 is 2.62 bits per heavy atom. The Morgan fingerprint density at radius 1 is 1.18 bits per heavy atom. The van der Waals surface area contributed by atoms with E-state index in [9.17, 15) is 24.1 Å². The maximum Gasteiger partial charge on any atom is 0.269 e. The van der Waals surface area contributed by atoms with Gasteiger partial charge in [0, 0.05) is 46.4 Å². The van der Waals surface area contributed by atoms with Crippen molar-refractivity contribution < 1.29 is 18.9 Å². The predicted molar refractivity (Wildman–Crippen MR) is 124 cm³/mol. The second-order valence-electron chi connectivity index (χ2n) is 8.60. The number of hydrogen-bond acceptors (Lipinski definition) is 5. The van der Waals surface area contributed by atoms with Crippen LogP contribution in [0.3, 0.4) is 0 Å². The number of nitro groups is 1. The molecule has 3 aromatic carbocycles. The minimum atomic E-state index is -1.39. The molecular weight excluding hydrogens is 461 g/mol. The number of nitrogens with one attached hydrogen (secondary N) is 1. The summed E-state index contributed by atoms with van der Waals surface area (Å²) in [5.41, 5.74) is 0.453. The Bertz CT molecular complexity index is 1350. The number of likely N-dealkylation sites (tertiary alicyclic amines) is 1. The van der Waals surface area contributed by atoms with Crippen LogP contribution in [0.5, 0.6) is 0 Å². The van der Waals surface area contributed by atoms with Gasteiger partial charge in [0.25, 0.3) is 5.69 Å². The number of Topliss-reactive ketones (excluding diaryl/α,β-unsaturated/α-hetero) is 1. The van der Waals surface area contributed by atoms with Crippen molar-refractivity contribution in [1.82, 2.24) is 4.90 Å². The van der Waals surface area contributed by atoms with Crippen LogP contribution >= 0.6 is 11.6 Å². The van der Waals surface area contributed by atoms with E-state index in [1.54, 1.807) is 42.3 Å². The average molecular weight is 480 g/mol. The van der Waals surface area contributed by atoms with Crippen molar-refractivity contribution in [2.24, 2.45) is 5.92 Å². The number of halogens is 2. The molecule has 7 nitrogen and oxygen atoms in total. The Labute approximate surface area is 199 Å². The Morgan fingerprint density at radius 2 is 1.91 bits per heavy atom. The van der Waals surface area contributed by atoms with Crippen LogP contribution in [0.2, 0.25) is 5.02 Å². The van der Waals surface area contributed by atoms with Gasteiger partial charge >= 0.3 is 0 Å². The predicted octanol–water partition coefficient (Wildman–Crippen LogP) is 4.76. The summed E-state index contributed by atoms with van der Waals surface area (Å²) in [7, 11) is 1.75. The summed E-state index contributed by atoms with van der Waals surface area (Å²) in [4.78, 5) is 40.4. The van der Waals surface area contributed by atoms with Gasteiger partial charge in [0.2, 0.25) is 5.91 Å². The zero-order valence-electron chi connectivity index (χ0n) is 18.0.